The molecule has 0 bridgehead atoms. The van der Waals surface area contributed by atoms with Crippen molar-refractivity contribution in [3.8, 4) is 17.2 Å². The summed E-state index contributed by atoms with van der Waals surface area (Å²) in [5, 5.41) is 0.857. The Hall–Kier alpha value is -2.66. The van der Waals surface area contributed by atoms with Gasteiger partial charge >= 0.3 is 0 Å². The molecule has 25 heavy (non-hydrogen) atoms. The Morgan fingerprint density at radius 1 is 0.960 bits per heavy atom. The molecule has 0 unspecified atom stereocenters. The van der Waals surface area contributed by atoms with Crippen LogP contribution in [0.5, 0.6) is 17.2 Å². The smallest absolute Gasteiger partial charge is 0.205 e. The van der Waals surface area contributed by atoms with Gasteiger partial charge in [-0.3, -0.25) is 0 Å². The van der Waals surface area contributed by atoms with Gasteiger partial charge in [-0.15, -0.1) is 0 Å². The first kappa shape index (κ1) is 15.8. The van der Waals surface area contributed by atoms with Gasteiger partial charge in [-0.05, 0) is 11.6 Å². The van der Waals surface area contributed by atoms with Crippen LogP contribution in [-0.4, -0.2) is 21.3 Å². The first-order valence-electron chi connectivity index (χ1n) is 8.17. The Morgan fingerprint density at radius 2 is 1.72 bits per heavy atom. The quantitative estimate of drug-likeness (QED) is 0.691. The number of hydrogen-bond acceptors (Lipinski definition) is 5. The van der Waals surface area contributed by atoms with Crippen LogP contribution in [0.4, 0.5) is 0 Å². The molecule has 0 N–H and O–H groups in total. The van der Waals surface area contributed by atoms with E-state index in [2.05, 4.69) is 12.1 Å². The molecule has 5 heteroatoms. The molecule has 5 nitrogen and oxygen atoms in total. The van der Waals surface area contributed by atoms with Crippen molar-refractivity contribution in [2.75, 3.05) is 21.3 Å². The van der Waals surface area contributed by atoms with Gasteiger partial charge in [-0.2, -0.15) is 0 Å². The van der Waals surface area contributed by atoms with Crippen LogP contribution in [0, 0.1) is 0 Å². The van der Waals surface area contributed by atoms with Gasteiger partial charge in [-0.25, -0.2) is 0 Å². The van der Waals surface area contributed by atoms with Crippen LogP contribution in [-0.2, 0) is 4.74 Å². The number of hydrogen-bond donors (Lipinski definition) is 0. The molecule has 130 valence electrons. The molecule has 0 radical (unpaired) electrons. The highest BCUT2D eigenvalue weighted by atomic mass is 16.5. The lowest BCUT2D eigenvalue weighted by molar-refractivity contribution is 0.0288. The van der Waals surface area contributed by atoms with Crippen LogP contribution < -0.4 is 14.2 Å². The fourth-order valence-corrected chi connectivity index (χ4v) is 3.53. The van der Waals surface area contributed by atoms with Crippen molar-refractivity contribution in [2.24, 2.45) is 0 Å². The predicted octanol–water partition coefficient (Wildman–Crippen LogP) is 4.66. The molecular weight excluding hydrogens is 320 g/mol. The topological polar surface area (TPSA) is 50.1 Å². The number of ether oxygens (including phenoxy) is 4. The minimum Gasteiger partial charge on any atom is -0.492 e. The highest BCUT2D eigenvalue weighted by Gasteiger charge is 2.36. The zero-order valence-corrected chi connectivity index (χ0v) is 14.4. The summed E-state index contributed by atoms with van der Waals surface area (Å²) in [5.41, 5.74) is 2.59. The van der Waals surface area contributed by atoms with Crippen LogP contribution in [0.15, 0.2) is 47.1 Å². The first-order valence-corrected chi connectivity index (χ1v) is 8.17. The molecule has 2 aromatic carbocycles. The second-order valence-corrected chi connectivity index (χ2v) is 5.95. The third kappa shape index (κ3) is 2.43. The van der Waals surface area contributed by atoms with E-state index in [4.69, 9.17) is 23.4 Å². The van der Waals surface area contributed by atoms with Crippen molar-refractivity contribution in [1.29, 1.82) is 0 Å². The summed E-state index contributed by atoms with van der Waals surface area (Å²) >= 11 is 0. The van der Waals surface area contributed by atoms with Crippen molar-refractivity contribution < 1.29 is 23.4 Å². The first-order chi connectivity index (χ1) is 12.3. The zero-order valence-electron chi connectivity index (χ0n) is 14.4. The SMILES string of the molecule is COc1c2c(c3ccoc3c1OC)O[C@H](c1ccccc1)C[C@@H]2OC. The van der Waals surface area contributed by atoms with Crippen LogP contribution in [0.25, 0.3) is 11.0 Å². The predicted molar refractivity (Wildman–Crippen MR) is 93.5 cm³/mol. The van der Waals surface area contributed by atoms with E-state index >= 15 is 0 Å². The maximum atomic E-state index is 6.39. The van der Waals surface area contributed by atoms with E-state index in [0.717, 1.165) is 22.3 Å². The molecule has 1 aliphatic heterocycles. The summed E-state index contributed by atoms with van der Waals surface area (Å²) in [6, 6.07) is 12.0. The van der Waals surface area contributed by atoms with Crippen LogP contribution in [0.1, 0.15) is 29.8 Å². The number of benzene rings is 2. The van der Waals surface area contributed by atoms with Crippen molar-refractivity contribution >= 4 is 11.0 Å². The zero-order chi connectivity index (χ0) is 17.4. The summed E-state index contributed by atoms with van der Waals surface area (Å²) < 4.78 is 29.0. The van der Waals surface area contributed by atoms with Gasteiger partial charge < -0.3 is 23.4 Å². The van der Waals surface area contributed by atoms with Crippen LogP contribution in [0.3, 0.4) is 0 Å². The fourth-order valence-electron chi connectivity index (χ4n) is 3.53. The highest BCUT2D eigenvalue weighted by molar-refractivity contribution is 5.94. The lowest BCUT2D eigenvalue weighted by atomic mass is 9.92. The normalized spacial score (nSPS) is 19.3. The van der Waals surface area contributed by atoms with Crippen LogP contribution in [0.2, 0.25) is 0 Å². The third-order valence-corrected chi connectivity index (χ3v) is 4.69. The standard InChI is InChI=1S/C20H20O5/c1-21-15-11-14(12-7-5-4-6-8-12)25-17-13-9-10-24-18(13)20(23-3)19(22-2)16(15)17/h4-10,14-15H,11H2,1-3H3/t14-,15-/m0/s1. The summed E-state index contributed by atoms with van der Waals surface area (Å²) in [7, 11) is 4.92. The maximum Gasteiger partial charge on any atom is 0.205 e. The number of furan rings is 1. The second-order valence-electron chi connectivity index (χ2n) is 5.95. The summed E-state index contributed by atoms with van der Waals surface area (Å²) in [6.45, 7) is 0. The van der Waals surface area contributed by atoms with Gasteiger partial charge in [-0.1, -0.05) is 30.3 Å². The van der Waals surface area contributed by atoms with Crippen molar-refractivity contribution in [3.63, 3.8) is 0 Å². The van der Waals surface area contributed by atoms with Gasteiger partial charge in [0.2, 0.25) is 5.75 Å². The van der Waals surface area contributed by atoms with E-state index in [0.29, 0.717) is 23.5 Å². The number of fused-ring (bicyclic) bond motifs is 3. The molecule has 1 aromatic heterocycles. The highest BCUT2D eigenvalue weighted by Crippen LogP contribution is 2.54. The molecule has 3 aromatic rings. The molecule has 0 spiro atoms. The average molecular weight is 340 g/mol. The number of methoxy groups -OCH3 is 3. The van der Waals surface area contributed by atoms with Gasteiger partial charge in [0.15, 0.2) is 11.3 Å². The van der Waals surface area contributed by atoms with Crippen molar-refractivity contribution in [2.45, 2.75) is 18.6 Å². The lowest BCUT2D eigenvalue weighted by Gasteiger charge is -2.33. The Labute approximate surface area is 146 Å². The van der Waals surface area contributed by atoms with Crippen molar-refractivity contribution in [3.05, 3.63) is 53.8 Å². The molecule has 0 saturated heterocycles. The minimum atomic E-state index is -0.169. The van der Waals surface area contributed by atoms with E-state index in [1.807, 2.05) is 24.3 Å². The maximum absolute atomic E-state index is 6.39. The minimum absolute atomic E-state index is 0.102. The van der Waals surface area contributed by atoms with E-state index < -0.39 is 0 Å². The van der Waals surface area contributed by atoms with Crippen molar-refractivity contribution in [1.82, 2.24) is 0 Å². The Kier molecular flexibility index (Phi) is 4.01. The van der Waals surface area contributed by atoms with Gasteiger partial charge in [0, 0.05) is 13.5 Å². The molecule has 0 saturated carbocycles. The molecule has 2 atom stereocenters. The largest absolute Gasteiger partial charge is 0.492 e. The second kappa shape index (κ2) is 6.33. The molecule has 0 fully saturated rings. The lowest BCUT2D eigenvalue weighted by Crippen LogP contribution is -2.21. The van der Waals surface area contributed by atoms with Gasteiger partial charge in [0.05, 0.1) is 37.5 Å². The molecule has 0 aliphatic carbocycles. The third-order valence-electron chi connectivity index (χ3n) is 4.69. The van der Waals surface area contributed by atoms with Crippen LogP contribution >= 0.6 is 0 Å². The summed E-state index contributed by atoms with van der Waals surface area (Å²) in [4.78, 5) is 0. The number of rotatable bonds is 4. The Balaban J connectivity index is 1.94. The van der Waals surface area contributed by atoms with Gasteiger partial charge in [0.1, 0.15) is 11.9 Å². The molecule has 1 aliphatic rings. The molecular formula is C20H20O5. The summed E-state index contributed by atoms with van der Waals surface area (Å²) in [5.74, 6) is 1.89. The fraction of sp³-hybridized carbons (Fsp3) is 0.300. The monoisotopic (exact) mass is 340 g/mol. The Bertz CT molecular complexity index is 884. The Morgan fingerprint density at radius 3 is 2.40 bits per heavy atom. The van der Waals surface area contributed by atoms with E-state index in [9.17, 15) is 0 Å². The van der Waals surface area contributed by atoms with E-state index in [-0.39, 0.29) is 12.2 Å². The van der Waals surface area contributed by atoms with Gasteiger partial charge in [0.25, 0.3) is 0 Å². The molecule has 2 heterocycles. The summed E-state index contributed by atoms with van der Waals surface area (Å²) in [6.07, 6.45) is 2.05. The van der Waals surface area contributed by atoms with E-state index in [1.54, 1.807) is 27.6 Å². The molecule has 4 rings (SSSR count). The van der Waals surface area contributed by atoms with E-state index in [1.165, 1.54) is 0 Å². The average Bonchev–Trinajstić information content (AvgIpc) is 3.16. The molecule has 0 amide bonds.